The monoisotopic (exact) mass is 484 g/mol. The molecular formula is C26H44O6S. The molecule has 0 fully saturated rings. The van der Waals surface area contributed by atoms with Crippen LogP contribution in [0.3, 0.4) is 0 Å². The van der Waals surface area contributed by atoms with E-state index in [2.05, 4.69) is 13.8 Å². The van der Waals surface area contributed by atoms with Gasteiger partial charge >= 0.3 is 11.9 Å². The number of aliphatic hydroxyl groups excluding tert-OH is 2. The first-order valence-corrected chi connectivity index (χ1v) is 13.3. The highest BCUT2D eigenvalue weighted by Gasteiger charge is 2.36. The van der Waals surface area contributed by atoms with Crippen LogP contribution in [-0.2, 0) is 14.3 Å². The number of hydrogen-bond acceptors (Lipinski definition) is 6. The van der Waals surface area contributed by atoms with E-state index in [9.17, 15) is 19.8 Å². The van der Waals surface area contributed by atoms with E-state index in [4.69, 9.17) is 9.84 Å². The number of carbonyl (C=O) groups excluding carboxylic acids is 1. The maximum atomic E-state index is 12.5. The van der Waals surface area contributed by atoms with Crippen LogP contribution in [0, 0.1) is 17.3 Å². The molecule has 33 heavy (non-hydrogen) atoms. The Morgan fingerprint density at radius 2 is 1.91 bits per heavy atom. The van der Waals surface area contributed by atoms with Gasteiger partial charge in [0, 0.05) is 23.7 Å². The number of carbonyl (C=O) groups is 2. The van der Waals surface area contributed by atoms with Crippen LogP contribution < -0.4 is 0 Å². The topological polar surface area (TPSA) is 104 Å². The number of unbranched alkanes of at least 4 members (excludes halogenated alkanes) is 3. The molecule has 6 nitrogen and oxygen atoms in total. The summed E-state index contributed by atoms with van der Waals surface area (Å²) < 4.78 is 5.70. The third-order valence-electron chi connectivity index (χ3n) is 5.74. The molecule has 4 atom stereocenters. The minimum Gasteiger partial charge on any atom is -0.481 e. The Morgan fingerprint density at radius 1 is 1.21 bits per heavy atom. The van der Waals surface area contributed by atoms with Gasteiger partial charge in [0.25, 0.3) is 0 Å². The third kappa shape index (κ3) is 11.6. The second-order valence-electron chi connectivity index (χ2n) is 10.2. The van der Waals surface area contributed by atoms with E-state index in [-0.39, 0.29) is 24.7 Å². The zero-order chi connectivity index (χ0) is 25.0. The average molecular weight is 485 g/mol. The van der Waals surface area contributed by atoms with Crippen molar-refractivity contribution in [3.05, 3.63) is 22.8 Å². The van der Waals surface area contributed by atoms with E-state index < -0.39 is 23.6 Å². The van der Waals surface area contributed by atoms with Gasteiger partial charge in [0.15, 0.2) is 0 Å². The number of thioether (sulfide) groups is 1. The van der Waals surface area contributed by atoms with Gasteiger partial charge in [-0.05, 0) is 51.7 Å². The number of ether oxygens (including phenoxy) is 1. The molecule has 0 aromatic heterocycles. The molecule has 0 radical (unpaired) electrons. The summed E-state index contributed by atoms with van der Waals surface area (Å²) in [6, 6.07) is 0. The fourth-order valence-corrected chi connectivity index (χ4v) is 4.96. The van der Waals surface area contributed by atoms with Crippen LogP contribution in [-0.4, -0.2) is 45.2 Å². The maximum absolute atomic E-state index is 12.5. The summed E-state index contributed by atoms with van der Waals surface area (Å²) in [4.78, 5) is 24.0. The molecule has 3 N–H and O–H groups in total. The van der Waals surface area contributed by atoms with Crippen LogP contribution >= 0.6 is 11.8 Å². The van der Waals surface area contributed by atoms with E-state index in [1.807, 2.05) is 6.08 Å². The summed E-state index contributed by atoms with van der Waals surface area (Å²) in [6.45, 7) is 9.69. The second kappa shape index (κ2) is 14.8. The van der Waals surface area contributed by atoms with Crippen LogP contribution in [0.15, 0.2) is 22.8 Å². The fraction of sp³-hybridized carbons (Fsp3) is 0.769. The highest BCUT2D eigenvalue weighted by Crippen LogP contribution is 2.42. The second-order valence-corrected chi connectivity index (χ2v) is 11.3. The highest BCUT2D eigenvalue weighted by atomic mass is 32.2. The standard InChI is InChI=1S/C26H44O6S/c1-6-7-11-18(2)16-19(27)13-14-20-21(28)17-22(32-25(31)26(3,4)5)24(20)33-15-10-8-9-12-23(29)30/h13-14,18-21,27-28H,6-12,15-17H2,1-5H3,(H,29,30)/b14-13+/t18-,19-,20+,21-/m1/s1. The summed E-state index contributed by atoms with van der Waals surface area (Å²) in [6.07, 6.45) is 9.11. The number of aliphatic hydroxyl groups is 2. The van der Waals surface area contributed by atoms with Crippen molar-refractivity contribution in [2.75, 3.05) is 5.75 Å². The van der Waals surface area contributed by atoms with Gasteiger partial charge in [-0.2, -0.15) is 0 Å². The normalized spacial score (nSPS) is 20.9. The quantitative estimate of drug-likeness (QED) is 0.156. The van der Waals surface area contributed by atoms with Crippen LogP contribution in [0.4, 0.5) is 0 Å². The average Bonchev–Trinajstić information content (AvgIpc) is 3.00. The molecule has 0 aliphatic heterocycles. The van der Waals surface area contributed by atoms with Crippen LogP contribution in [0.1, 0.15) is 92.4 Å². The molecule has 0 amide bonds. The predicted molar refractivity (Wildman–Crippen MR) is 134 cm³/mol. The Labute approximate surface area is 203 Å². The number of hydrogen-bond donors (Lipinski definition) is 3. The highest BCUT2D eigenvalue weighted by molar-refractivity contribution is 8.03. The van der Waals surface area contributed by atoms with Crippen molar-refractivity contribution in [3.8, 4) is 0 Å². The molecule has 0 aromatic rings. The van der Waals surface area contributed by atoms with E-state index in [1.165, 1.54) is 0 Å². The van der Waals surface area contributed by atoms with Crippen molar-refractivity contribution in [2.45, 2.75) is 105 Å². The summed E-state index contributed by atoms with van der Waals surface area (Å²) >= 11 is 1.55. The molecular weight excluding hydrogens is 440 g/mol. The van der Waals surface area contributed by atoms with Gasteiger partial charge in [-0.15, -0.1) is 11.8 Å². The molecule has 0 bridgehead atoms. The molecule has 0 aromatic carbocycles. The van der Waals surface area contributed by atoms with Gasteiger partial charge < -0.3 is 20.1 Å². The van der Waals surface area contributed by atoms with Crippen LogP contribution in [0.5, 0.6) is 0 Å². The van der Waals surface area contributed by atoms with Crippen molar-refractivity contribution in [1.82, 2.24) is 0 Å². The Morgan fingerprint density at radius 3 is 2.52 bits per heavy atom. The van der Waals surface area contributed by atoms with Crippen molar-refractivity contribution < 1.29 is 29.6 Å². The fourth-order valence-electron chi connectivity index (χ4n) is 3.67. The van der Waals surface area contributed by atoms with Crippen molar-refractivity contribution in [3.63, 3.8) is 0 Å². The SMILES string of the molecule is CCCC[C@@H](C)C[C@H](O)/C=C/[C@@H]1C(SCCCCCC(=O)O)=C(OC(=O)C(C)(C)C)C[C@H]1O. The smallest absolute Gasteiger partial charge is 0.316 e. The Kier molecular flexibility index (Phi) is 13.4. The Balaban J connectivity index is 2.85. The first-order valence-electron chi connectivity index (χ1n) is 12.3. The number of carboxylic acids is 1. The molecule has 1 rings (SSSR count). The van der Waals surface area contributed by atoms with Gasteiger partial charge in [0.2, 0.25) is 0 Å². The number of rotatable bonds is 15. The lowest BCUT2D eigenvalue weighted by molar-refractivity contribution is -0.148. The largest absolute Gasteiger partial charge is 0.481 e. The number of carboxylic acid groups (broad SMARTS) is 1. The van der Waals surface area contributed by atoms with E-state index >= 15 is 0 Å². The molecule has 0 saturated carbocycles. The first kappa shape index (κ1) is 29.7. The summed E-state index contributed by atoms with van der Waals surface area (Å²) in [5.74, 6) is 0.249. The molecule has 1 aliphatic rings. The molecule has 0 unspecified atom stereocenters. The number of aliphatic carboxylic acids is 1. The van der Waals surface area contributed by atoms with Crippen LogP contribution in [0.25, 0.3) is 0 Å². The lowest BCUT2D eigenvalue weighted by Crippen LogP contribution is -2.22. The minimum absolute atomic E-state index is 0.167. The van der Waals surface area contributed by atoms with Gasteiger partial charge in [0.1, 0.15) is 5.76 Å². The van der Waals surface area contributed by atoms with E-state index in [1.54, 1.807) is 38.6 Å². The van der Waals surface area contributed by atoms with E-state index in [0.717, 1.165) is 42.8 Å². The van der Waals surface area contributed by atoms with Crippen molar-refractivity contribution >= 4 is 23.7 Å². The minimum atomic E-state index is -0.784. The zero-order valence-corrected chi connectivity index (χ0v) is 21.8. The summed E-state index contributed by atoms with van der Waals surface area (Å²) in [5.41, 5.74) is -0.649. The van der Waals surface area contributed by atoms with Gasteiger partial charge in [-0.3, -0.25) is 9.59 Å². The van der Waals surface area contributed by atoms with Crippen molar-refractivity contribution in [1.29, 1.82) is 0 Å². The van der Waals surface area contributed by atoms with Crippen LogP contribution in [0.2, 0.25) is 0 Å². The summed E-state index contributed by atoms with van der Waals surface area (Å²) in [7, 11) is 0. The number of esters is 1. The summed E-state index contributed by atoms with van der Waals surface area (Å²) in [5, 5.41) is 30.0. The zero-order valence-electron chi connectivity index (χ0n) is 21.0. The van der Waals surface area contributed by atoms with Crippen molar-refractivity contribution in [2.24, 2.45) is 17.3 Å². The van der Waals surface area contributed by atoms with Gasteiger partial charge in [-0.25, -0.2) is 0 Å². The third-order valence-corrected chi connectivity index (χ3v) is 7.05. The molecule has 0 spiro atoms. The molecule has 7 heteroatoms. The lowest BCUT2D eigenvalue weighted by atomic mass is 9.96. The lowest BCUT2D eigenvalue weighted by Gasteiger charge is -2.18. The molecule has 0 saturated heterocycles. The first-order chi connectivity index (χ1) is 15.5. The van der Waals surface area contributed by atoms with Gasteiger partial charge in [-0.1, -0.05) is 51.7 Å². The Hall–Kier alpha value is -1.31. The molecule has 1 aliphatic carbocycles. The maximum Gasteiger partial charge on any atom is 0.316 e. The van der Waals surface area contributed by atoms with Gasteiger partial charge in [0.05, 0.1) is 17.6 Å². The predicted octanol–water partition coefficient (Wildman–Crippen LogP) is 5.68. The molecule has 0 heterocycles. The molecule has 190 valence electrons. The van der Waals surface area contributed by atoms with E-state index in [0.29, 0.717) is 24.5 Å². The Bertz CT molecular complexity index is 679.